The van der Waals surface area contributed by atoms with E-state index in [4.69, 9.17) is 4.74 Å². The van der Waals surface area contributed by atoms with E-state index in [1.54, 1.807) is 0 Å². The predicted octanol–water partition coefficient (Wildman–Crippen LogP) is 1.94. The third-order valence-electron chi connectivity index (χ3n) is 5.66. The van der Waals surface area contributed by atoms with Gasteiger partial charge in [-0.05, 0) is 25.0 Å². The van der Waals surface area contributed by atoms with Crippen LogP contribution in [0.15, 0.2) is 30.3 Å². The molecule has 4 atom stereocenters. The Hall–Kier alpha value is -1.75. The van der Waals surface area contributed by atoms with E-state index in [9.17, 15) is 4.79 Å². The predicted molar refractivity (Wildman–Crippen MR) is 89.6 cm³/mol. The number of para-hydroxylation sites is 1. The Labute approximate surface area is 137 Å². The van der Waals surface area contributed by atoms with Gasteiger partial charge in [0.2, 0.25) is 0 Å². The summed E-state index contributed by atoms with van der Waals surface area (Å²) in [6.45, 7) is 3.21. The van der Waals surface area contributed by atoms with Crippen molar-refractivity contribution in [1.29, 1.82) is 0 Å². The highest BCUT2D eigenvalue weighted by atomic mass is 16.5. The molecule has 0 spiro atoms. The van der Waals surface area contributed by atoms with Crippen molar-refractivity contribution in [2.24, 2.45) is 11.8 Å². The van der Waals surface area contributed by atoms with E-state index in [1.165, 1.54) is 18.5 Å². The summed E-state index contributed by atoms with van der Waals surface area (Å²) in [5, 5.41) is 3.07. The summed E-state index contributed by atoms with van der Waals surface area (Å²) in [5.74, 6) is 1.15. The van der Waals surface area contributed by atoms with Crippen molar-refractivity contribution in [2.45, 2.75) is 25.0 Å². The van der Waals surface area contributed by atoms with Crippen molar-refractivity contribution in [1.82, 2.24) is 10.2 Å². The van der Waals surface area contributed by atoms with E-state index in [-0.39, 0.29) is 6.03 Å². The zero-order valence-electron chi connectivity index (χ0n) is 13.6. The molecule has 3 heterocycles. The molecule has 2 bridgehead atoms. The summed E-state index contributed by atoms with van der Waals surface area (Å²) in [6, 6.07) is 10.3. The topological polar surface area (TPSA) is 44.8 Å². The first kappa shape index (κ1) is 14.8. The second kappa shape index (κ2) is 6.04. The van der Waals surface area contributed by atoms with Gasteiger partial charge in [0, 0.05) is 50.7 Å². The summed E-state index contributed by atoms with van der Waals surface area (Å²) in [5.41, 5.74) is 1.17. The number of amides is 2. The van der Waals surface area contributed by atoms with Crippen LogP contribution in [0.5, 0.6) is 0 Å². The Kier molecular flexibility index (Phi) is 3.89. The van der Waals surface area contributed by atoms with Gasteiger partial charge in [0.25, 0.3) is 0 Å². The molecule has 5 nitrogen and oxygen atoms in total. The zero-order valence-corrected chi connectivity index (χ0v) is 13.6. The number of ether oxygens (including phenoxy) is 1. The lowest BCUT2D eigenvalue weighted by atomic mass is 9.82. The minimum atomic E-state index is 0.0836. The molecule has 0 saturated carbocycles. The van der Waals surface area contributed by atoms with Crippen LogP contribution in [0.4, 0.5) is 10.5 Å². The smallest absolute Gasteiger partial charge is 0.317 e. The third kappa shape index (κ3) is 2.78. The lowest BCUT2D eigenvalue weighted by Gasteiger charge is -2.22. The van der Waals surface area contributed by atoms with Crippen molar-refractivity contribution in [3.63, 3.8) is 0 Å². The van der Waals surface area contributed by atoms with E-state index < -0.39 is 0 Å². The van der Waals surface area contributed by atoms with Crippen LogP contribution in [0.2, 0.25) is 0 Å². The van der Waals surface area contributed by atoms with Gasteiger partial charge in [-0.25, -0.2) is 4.79 Å². The highest BCUT2D eigenvalue weighted by Gasteiger charge is 2.53. The molecule has 1 N–H and O–H groups in total. The van der Waals surface area contributed by atoms with E-state index >= 15 is 0 Å². The fourth-order valence-corrected chi connectivity index (χ4v) is 4.38. The second-order valence-corrected chi connectivity index (χ2v) is 7.01. The quantitative estimate of drug-likeness (QED) is 0.923. The molecule has 0 radical (unpaired) electrons. The number of rotatable bonds is 4. The van der Waals surface area contributed by atoms with Crippen LogP contribution >= 0.6 is 0 Å². The number of urea groups is 1. The van der Waals surface area contributed by atoms with Crippen LogP contribution in [-0.2, 0) is 4.74 Å². The molecular weight excluding hydrogens is 290 g/mol. The maximum Gasteiger partial charge on any atom is 0.317 e. The Morgan fingerprint density at radius 1 is 1.22 bits per heavy atom. The van der Waals surface area contributed by atoms with Crippen LogP contribution in [0.1, 0.15) is 12.8 Å². The van der Waals surface area contributed by atoms with Crippen LogP contribution in [0, 0.1) is 11.8 Å². The van der Waals surface area contributed by atoms with Gasteiger partial charge in [0.15, 0.2) is 0 Å². The minimum Gasteiger partial charge on any atom is -0.374 e. The Balaban J connectivity index is 1.24. The van der Waals surface area contributed by atoms with Gasteiger partial charge in [0.1, 0.15) is 0 Å². The first-order chi connectivity index (χ1) is 11.2. The van der Waals surface area contributed by atoms with Gasteiger partial charge in [-0.2, -0.15) is 0 Å². The number of benzene rings is 1. The van der Waals surface area contributed by atoms with E-state index in [0.29, 0.717) is 30.6 Å². The number of likely N-dealkylation sites (N-methyl/N-ethyl adjacent to an activating group) is 1. The number of nitrogens with zero attached hydrogens (tertiary/aromatic N) is 2. The number of hydrogen-bond acceptors (Lipinski definition) is 3. The van der Waals surface area contributed by atoms with Gasteiger partial charge < -0.3 is 19.9 Å². The van der Waals surface area contributed by atoms with Crippen molar-refractivity contribution < 1.29 is 9.53 Å². The number of nitrogens with one attached hydrogen (secondary N) is 1. The van der Waals surface area contributed by atoms with E-state index in [2.05, 4.69) is 29.4 Å². The van der Waals surface area contributed by atoms with E-state index in [1.807, 2.05) is 23.1 Å². The molecule has 3 saturated heterocycles. The van der Waals surface area contributed by atoms with Crippen molar-refractivity contribution in [3.8, 4) is 0 Å². The summed E-state index contributed by atoms with van der Waals surface area (Å²) < 4.78 is 5.96. The van der Waals surface area contributed by atoms with Gasteiger partial charge in [0.05, 0.1) is 12.2 Å². The van der Waals surface area contributed by atoms with Gasteiger partial charge in [-0.3, -0.25) is 0 Å². The van der Waals surface area contributed by atoms with Crippen molar-refractivity contribution in [2.75, 3.05) is 38.1 Å². The number of fused-ring (bicyclic) bond motifs is 5. The summed E-state index contributed by atoms with van der Waals surface area (Å²) in [6.07, 6.45) is 3.19. The largest absolute Gasteiger partial charge is 0.374 e. The van der Waals surface area contributed by atoms with Crippen molar-refractivity contribution in [3.05, 3.63) is 30.3 Å². The summed E-state index contributed by atoms with van der Waals surface area (Å²) in [7, 11) is 2.05. The lowest BCUT2D eigenvalue weighted by Crippen LogP contribution is -2.42. The second-order valence-electron chi connectivity index (χ2n) is 7.01. The fraction of sp³-hybridized carbons (Fsp3) is 0.611. The van der Waals surface area contributed by atoms with Crippen LogP contribution in [0.25, 0.3) is 0 Å². The molecule has 0 unspecified atom stereocenters. The number of carbonyl (C=O) groups excluding carboxylic acids is 1. The molecule has 124 valence electrons. The first-order valence-corrected chi connectivity index (χ1v) is 8.67. The molecule has 3 fully saturated rings. The van der Waals surface area contributed by atoms with Crippen LogP contribution in [0.3, 0.4) is 0 Å². The standard InChI is InChI=1S/C18H25N3O2/c1-20(13-5-3-2-4-6-13)10-9-19-18(22)21-11-14-15(12-21)17-8-7-16(14)23-17/h2-6,14-17H,7-12H2,1H3,(H,19,22)/t14-,15+,16-,17-/m1/s1. The average molecular weight is 315 g/mol. The minimum absolute atomic E-state index is 0.0836. The normalized spacial score (nSPS) is 31.3. The maximum atomic E-state index is 12.4. The monoisotopic (exact) mass is 315 g/mol. The van der Waals surface area contributed by atoms with Gasteiger partial charge in [-0.1, -0.05) is 18.2 Å². The highest BCUT2D eigenvalue weighted by Crippen LogP contribution is 2.47. The Bertz CT molecular complexity index is 547. The molecule has 23 heavy (non-hydrogen) atoms. The summed E-state index contributed by atoms with van der Waals surface area (Å²) in [4.78, 5) is 16.5. The molecule has 1 aromatic rings. The summed E-state index contributed by atoms with van der Waals surface area (Å²) >= 11 is 0. The number of hydrogen-bond donors (Lipinski definition) is 1. The number of anilines is 1. The average Bonchev–Trinajstić information content (AvgIpc) is 3.28. The zero-order chi connectivity index (χ0) is 15.8. The SMILES string of the molecule is CN(CCNC(=O)N1C[C@@H]2[C@H](C1)[C@H]1CC[C@H]2O1)c1ccccc1. The molecule has 5 heteroatoms. The van der Waals surface area contributed by atoms with Crippen molar-refractivity contribution >= 4 is 11.7 Å². The van der Waals surface area contributed by atoms with Crippen LogP contribution in [-0.4, -0.2) is 56.4 Å². The van der Waals surface area contributed by atoms with E-state index in [0.717, 1.165) is 19.6 Å². The molecular formula is C18H25N3O2. The molecule has 3 aliphatic heterocycles. The Morgan fingerprint density at radius 3 is 2.52 bits per heavy atom. The molecule has 1 aromatic carbocycles. The van der Waals surface area contributed by atoms with Gasteiger partial charge >= 0.3 is 6.03 Å². The van der Waals surface area contributed by atoms with Crippen LogP contribution < -0.4 is 10.2 Å². The fourth-order valence-electron chi connectivity index (χ4n) is 4.38. The van der Waals surface area contributed by atoms with Gasteiger partial charge in [-0.15, -0.1) is 0 Å². The Morgan fingerprint density at radius 2 is 1.87 bits per heavy atom. The molecule has 4 rings (SSSR count). The number of carbonyl (C=O) groups is 1. The molecule has 2 amide bonds. The highest BCUT2D eigenvalue weighted by molar-refractivity contribution is 5.74. The molecule has 0 aliphatic carbocycles. The molecule has 0 aromatic heterocycles. The lowest BCUT2D eigenvalue weighted by molar-refractivity contribution is 0.0739. The molecule has 3 aliphatic rings. The maximum absolute atomic E-state index is 12.4. The first-order valence-electron chi connectivity index (χ1n) is 8.67. The number of likely N-dealkylation sites (tertiary alicyclic amines) is 1. The third-order valence-corrected chi connectivity index (χ3v) is 5.66.